The molecule has 0 saturated heterocycles. The molecule has 1 rings (SSSR count). The molecule has 0 heterocycles. The van der Waals surface area contributed by atoms with Gasteiger partial charge in [-0.15, -0.1) is 0 Å². The average molecular weight is 362 g/mol. The average Bonchev–Trinajstić information content (AvgIpc) is 2.44. The number of esters is 1. The van der Waals surface area contributed by atoms with Crippen molar-refractivity contribution in [1.82, 2.24) is 5.32 Å². The lowest BCUT2D eigenvalue weighted by Crippen LogP contribution is -2.35. The summed E-state index contributed by atoms with van der Waals surface area (Å²) >= 11 is 3.11. The highest BCUT2D eigenvalue weighted by Gasteiger charge is 2.11. The van der Waals surface area contributed by atoms with Crippen molar-refractivity contribution in [2.45, 2.75) is 26.3 Å². The Morgan fingerprint density at radius 2 is 2.10 bits per heavy atom. The van der Waals surface area contributed by atoms with Crippen LogP contribution in [0, 0.1) is 5.82 Å². The quantitative estimate of drug-likeness (QED) is 0.757. The standard InChI is InChI=1S/C14H17BrFNO4/c1-3-9(2)17-13(18)7-21-14(19)8-20-12-5-4-10(16)6-11(12)15/h4-6,9H,3,7-8H2,1-2H3,(H,17,18)/t9-/m0/s1. The van der Waals surface area contributed by atoms with Gasteiger partial charge in [0.05, 0.1) is 4.47 Å². The summed E-state index contributed by atoms with van der Waals surface area (Å²) in [6, 6.07) is 3.86. The predicted molar refractivity (Wildman–Crippen MR) is 78.4 cm³/mol. The third kappa shape index (κ3) is 6.57. The van der Waals surface area contributed by atoms with Crippen molar-refractivity contribution in [3.63, 3.8) is 0 Å². The highest BCUT2D eigenvalue weighted by atomic mass is 79.9. The van der Waals surface area contributed by atoms with Crippen molar-refractivity contribution in [2.75, 3.05) is 13.2 Å². The number of hydrogen-bond donors (Lipinski definition) is 1. The molecule has 116 valence electrons. The monoisotopic (exact) mass is 361 g/mol. The number of hydrogen-bond acceptors (Lipinski definition) is 4. The zero-order valence-corrected chi connectivity index (χ0v) is 13.4. The minimum Gasteiger partial charge on any atom is -0.481 e. The largest absolute Gasteiger partial charge is 0.481 e. The molecule has 1 atom stereocenters. The maximum Gasteiger partial charge on any atom is 0.344 e. The summed E-state index contributed by atoms with van der Waals surface area (Å²) < 4.78 is 23.2. The normalized spacial score (nSPS) is 11.6. The minimum atomic E-state index is -0.675. The molecule has 0 fully saturated rings. The molecule has 0 bridgehead atoms. The van der Waals surface area contributed by atoms with Gasteiger partial charge < -0.3 is 14.8 Å². The summed E-state index contributed by atoms with van der Waals surface area (Å²) in [6.45, 7) is 3.08. The summed E-state index contributed by atoms with van der Waals surface area (Å²) in [4.78, 5) is 22.8. The molecule has 21 heavy (non-hydrogen) atoms. The first-order valence-electron chi connectivity index (χ1n) is 6.45. The maximum atomic E-state index is 12.9. The molecule has 1 aromatic rings. The molecule has 0 aliphatic carbocycles. The summed E-state index contributed by atoms with van der Waals surface area (Å²) in [7, 11) is 0. The van der Waals surface area contributed by atoms with Crippen molar-refractivity contribution in [3.8, 4) is 5.75 Å². The molecule has 1 amide bonds. The number of ether oxygens (including phenoxy) is 2. The fourth-order valence-electron chi connectivity index (χ4n) is 1.34. The van der Waals surface area contributed by atoms with Gasteiger partial charge in [-0.2, -0.15) is 0 Å². The van der Waals surface area contributed by atoms with Gasteiger partial charge >= 0.3 is 5.97 Å². The second-order valence-corrected chi connectivity index (χ2v) is 5.26. The van der Waals surface area contributed by atoms with Crippen LogP contribution in [0.4, 0.5) is 4.39 Å². The Kier molecular flexibility index (Phi) is 7.14. The van der Waals surface area contributed by atoms with Gasteiger partial charge in [-0.3, -0.25) is 4.79 Å². The zero-order valence-electron chi connectivity index (χ0n) is 11.8. The van der Waals surface area contributed by atoms with Gasteiger partial charge in [-0.25, -0.2) is 9.18 Å². The van der Waals surface area contributed by atoms with Crippen LogP contribution in [0.5, 0.6) is 5.75 Å². The van der Waals surface area contributed by atoms with Gasteiger partial charge in [0.2, 0.25) is 0 Å². The second kappa shape index (κ2) is 8.61. The van der Waals surface area contributed by atoms with E-state index in [9.17, 15) is 14.0 Å². The Morgan fingerprint density at radius 3 is 2.71 bits per heavy atom. The number of halogens is 2. The fourth-order valence-corrected chi connectivity index (χ4v) is 1.80. The van der Waals surface area contributed by atoms with Crippen molar-refractivity contribution in [2.24, 2.45) is 0 Å². The van der Waals surface area contributed by atoms with Crippen molar-refractivity contribution >= 4 is 27.8 Å². The van der Waals surface area contributed by atoms with Crippen LogP contribution in [-0.2, 0) is 14.3 Å². The molecule has 0 aliphatic heterocycles. The highest BCUT2D eigenvalue weighted by Crippen LogP contribution is 2.25. The maximum absolute atomic E-state index is 12.9. The highest BCUT2D eigenvalue weighted by molar-refractivity contribution is 9.10. The molecule has 1 aromatic carbocycles. The Hall–Kier alpha value is -1.63. The zero-order chi connectivity index (χ0) is 15.8. The summed E-state index contributed by atoms with van der Waals surface area (Å²) in [6.07, 6.45) is 0.793. The van der Waals surface area contributed by atoms with Crippen LogP contribution in [0.15, 0.2) is 22.7 Å². The molecule has 0 aromatic heterocycles. The summed E-state index contributed by atoms with van der Waals surface area (Å²) in [5.41, 5.74) is 0. The van der Waals surface area contributed by atoms with Gasteiger partial charge in [0.25, 0.3) is 5.91 Å². The molecular formula is C14H17BrFNO4. The molecule has 0 aliphatic rings. The third-order valence-electron chi connectivity index (χ3n) is 2.62. The first-order valence-corrected chi connectivity index (χ1v) is 7.24. The molecule has 0 unspecified atom stereocenters. The molecule has 5 nitrogen and oxygen atoms in total. The number of carbonyl (C=O) groups is 2. The van der Waals surface area contributed by atoms with E-state index in [-0.39, 0.29) is 25.2 Å². The predicted octanol–water partition coefficient (Wildman–Crippen LogP) is 2.42. The van der Waals surface area contributed by atoms with E-state index in [4.69, 9.17) is 9.47 Å². The fraction of sp³-hybridized carbons (Fsp3) is 0.429. The van der Waals surface area contributed by atoms with Crippen molar-refractivity contribution in [1.29, 1.82) is 0 Å². The first kappa shape index (κ1) is 17.4. The van der Waals surface area contributed by atoms with Gasteiger partial charge in [0.15, 0.2) is 13.2 Å². The van der Waals surface area contributed by atoms with Gasteiger partial charge in [0.1, 0.15) is 11.6 Å². The second-order valence-electron chi connectivity index (χ2n) is 4.40. The number of nitrogens with one attached hydrogen (secondary N) is 1. The van der Waals surface area contributed by atoms with Crippen LogP contribution in [0.25, 0.3) is 0 Å². The van der Waals surface area contributed by atoms with Gasteiger partial charge in [0, 0.05) is 6.04 Å². The van der Waals surface area contributed by atoms with E-state index in [1.165, 1.54) is 18.2 Å². The van der Waals surface area contributed by atoms with Crippen LogP contribution < -0.4 is 10.1 Å². The first-order chi connectivity index (χ1) is 9.92. The SMILES string of the molecule is CC[C@H](C)NC(=O)COC(=O)COc1ccc(F)cc1Br. The Labute approximate surface area is 130 Å². The molecule has 0 spiro atoms. The number of amides is 1. The van der Waals surface area contributed by atoms with Crippen LogP contribution in [0.2, 0.25) is 0 Å². The molecular weight excluding hydrogens is 345 g/mol. The van der Waals surface area contributed by atoms with E-state index in [1.807, 2.05) is 13.8 Å². The Balaban J connectivity index is 2.32. The van der Waals surface area contributed by atoms with E-state index in [1.54, 1.807) is 0 Å². The molecule has 0 radical (unpaired) electrons. The van der Waals surface area contributed by atoms with E-state index >= 15 is 0 Å². The van der Waals surface area contributed by atoms with E-state index < -0.39 is 11.8 Å². The lowest BCUT2D eigenvalue weighted by Gasteiger charge is -2.12. The number of carbonyl (C=O) groups excluding carboxylic acids is 2. The number of rotatable bonds is 7. The van der Waals surface area contributed by atoms with Crippen molar-refractivity contribution < 1.29 is 23.5 Å². The van der Waals surface area contributed by atoms with E-state index in [0.717, 1.165) is 6.42 Å². The van der Waals surface area contributed by atoms with E-state index in [2.05, 4.69) is 21.2 Å². The lowest BCUT2D eigenvalue weighted by atomic mass is 10.2. The van der Waals surface area contributed by atoms with Crippen molar-refractivity contribution in [3.05, 3.63) is 28.5 Å². The summed E-state index contributed by atoms with van der Waals surface area (Å²) in [5.74, 6) is -1.14. The van der Waals surface area contributed by atoms with Gasteiger partial charge in [-0.05, 0) is 47.5 Å². The molecule has 1 N–H and O–H groups in total. The lowest BCUT2D eigenvalue weighted by molar-refractivity contribution is -0.150. The summed E-state index contributed by atoms with van der Waals surface area (Å²) in [5, 5.41) is 2.67. The Morgan fingerprint density at radius 1 is 1.38 bits per heavy atom. The van der Waals surface area contributed by atoms with Crippen LogP contribution in [-0.4, -0.2) is 31.1 Å². The molecule has 7 heteroatoms. The van der Waals surface area contributed by atoms with Crippen LogP contribution in [0.3, 0.4) is 0 Å². The third-order valence-corrected chi connectivity index (χ3v) is 3.24. The number of benzene rings is 1. The molecule has 0 saturated carbocycles. The topological polar surface area (TPSA) is 64.6 Å². The van der Waals surface area contributed by atoms with Crippen LogP contribution in [0.1, 0.15) is 20.3 Å². The smallest absolute Gasteiger partial charge is 0.344 e. The van der Waals surface area contributed by atoms with E-state index in [0.29, 0.717) is 10.2 Å². The van der Waals surface area contributed by atoms with Gasteiger partial charge in [-0.1, -0.05) is 6.92 Å². The minimum absolute atomic E-state index is 0.0302. The van der Waals surface area contributed by atoms with Crippen LogP contribution >= 0.6 is 15.9 Å². The Bertz CT molecular complexity index is 510.